The second kappa shape index (κ2) is 5.21. The topological polar surface area (TPSA) is 55.0 Å². The molecular weight excluding hydrogens is 328 g/mol. The lowest BCUT2D eigenvalue weighted by atomic mass is 9.79. The molecule has 2 aromatic rings. The van der Waals surface area contributed by atoms with Crippen LogP contribution in [0, 0.1) is 11.8 Å². The fourth-order valence-electron chi connectivity index (χ4n) is 3.91. The Kier molecular flexibility index (Phi) is 3.34. The van der Waals surface area contributed by atoms with Crippen LogP contribution in [0.3, 0.4) is 0 Å². The zero-order valence-corrected chi connectivity index (χ0v) is 13.5. The molecule has 2 aromatic heterocycles. The minimum atomic E-state index is 0.398. The molecule has 0 aromatic carbocycles. The highest BCUT2D eigenvalue weighted by atomic mass is 79.9. The Hall–Kier alpha value is -1.20. The fourth-order valence-corrected chi connectivity index (χ4v) is 4.23. The molecule has 1 unspecified atom stereocenters. The molecule has 3 atom stereocenters. The molecule has 0 spiro atoms. The Morgan fingerprint density at radius 1 is 1.19 bits per heavy atom. The number of nitrogens with two attached hydrogens (primary N) is 1. The van der Waals surface area contributed by atoms with Crippen molar-refractivity contribution in [3.8, 4) is 0 Å². The number of rotatable bonds is 1. The maximum Gasteiger partial charge on any atom is 0.112 e. The van der Waals surface area contributed by atoms with Gasteiger partial charge in [-0.25, -0.2) is 0 Å². The molecule has 2 fully saturated rings. The van der Waals surface area contributed by atoms with Crippen molar-refractivity contribution in [2.45, 2.75) is 25.3 Å². The highest BCUT2D eigenvalue weighted by molar-refractivity contribution is 9.10. The first-order valence-electron chi connectivity index (χ1n) is 7.61. The van der Waals surface area contributed by atoms with Crippen molar-refractivity contribution >= 4 is 32.7 Å². The van der Waals surface area contributed by atoms with E-state index in [9.17, 15) is 0 Å². The Labute approximate surface area is 132 Å². The van der Waals surface area contributed by atoms with Gasteiger partial charge in [0, 0.05) is 36.0 Å². The van der Waals surface area contributed by atoms with E-state index in [1.165, 1.54) is 24.9 Å². The van der Waals surface area contributed by atoms with Crippen LogP contribution in [-0.2, 0) is 0 Å². The third-order valence-electron chi connectivity index (χ3n) is 4.95. The summed E-state index contributed by atoms with van der Waals surface area (Å²) in [5.74, 6) is 1.54. The lowest BCUT2D eigenvalue weighted by molar-refractivity contribution is 0.271. The Balaban J connectivity index is 1.68. The van der Waals surface area contributed by atoms with Gasteiger partial charge in [0.1, 0.15) is 5.52 Å². The van der Waals surface area contributed by atoms with Gasteiger partial charge in [-0.3, -0.25) is 9.97 Å². The third kappa shape index (κ3) is 2.42. The summed E-state index contributed by atoms with van der Waals surface area (Å²) >= 11 is 3.47. The van der Waals surface area contributed by atoms with Crippen molar-refractivity contribution in [1.82, 2.24) is 9.97 Å². The van der Waals surface area contributed by atoms with Gasteiger partial charge in [0.05, 0.1) is 11.2 Å². The van der Waals surface area contributed by atoms with E-state index >= 15 is 0 Å². The summed E-state index contributed by atoms with van der Waals surface area (Å²) < 4.78 is 0.973. The van der Waals surface area contributed by atoms with Crippen molar-refractivity contribution in [3.05, 3.63) is 29.0 Å². The average Bonchev–Trinajstić information content (AvgIpc) is 2.89. The maximum absolute atomic E-state index is 6.14. The SMILES string of the molecule is NC1CC[C@@H]2CN(c3ccnc4cc(Br)cnc34)C[C@@H]2C1. The predicted octanol–water partition coefficient (Wildman–Crippen LogP) is 2.96. The molecule has 110 valence electrons. The Morgan fingerprint density at radius 3 is 2.95 bits per heavy atom. The minimum Gasteiger partial charge on any atom is -0.369 e. The normalized spacial score (nSPS) is 28.9. The first-order valence-corrected chi connectivity index (χ1v) is 8.41. The van der Waals surface area contributed by atoms with Crippen LogP contribution in [0.1, 0.15) is 19.3 Å². The van der Waals surface area contributed by atoms with Gasteiger partial charge in [-0.15, -0.1) is 0 Å². The van der Waals surface area contributed by atoms with Gasteiger partial charge < -0.3 is 10.6 Å². The van der Waals surface area contributed by atoms with E-state index in [0.717, 1.165) is 40.4 Å². The molecule has 1 aliphatic heterocycles. The third-order valence-corrected chi connectivity index (χ3v) is 5.39. The molecule has 0 bridgehead atoms. The maximum atomic E-state index is 6.14. The zero-order valence-electron chi connectivity index (χ0n) is 11.9. The van der Waals surface area contributed by atoms with Crippen LogP contribution >= 0.6 is 15.9 Å². The van der Waals surface area contributed by atoms with E-state index in [-0.39, 0.29) is 0 Å². The first kappa shape index (κ1) is 13.5. The van der Waals surface area contributed by atoms with Gasteiger partial charge in [-0.1, -0.05) is 0 Å². The second-order valence-corrected chi connectivity index (χ2v) is 7.27. The number of anilines is 1. The van der Waals surface area contributed by atoms with Gasteiger partial charge in [-0.05, 0) is 59.2 Å². The molecule has 2 N–H and O–H groups in total. The van der Waals surface area contributed by atoms with Crippen molar-refractivity contribution in [1.29, 1.82) is 0 Å². The van der Waals surface area contributed by atoms with Crippen LogP contribution in [0.25, 0.3) is 11.0 Å². The molecule has 4 nitrogen and oxygen atoms in total. The Morgan fingerprint density at radius 2 is 2.05 bits per heavy atom. The van der Waals surface area contributed by atoms with Gasteiger partial charge in [-0.2, -0.15) is 0 Å². The predicted molar refractivity (Wildman–Crippen MR) is 88.3 cm³/mol. The summed E-state index contributed by atoms with van der Waals surface area (Å²) in [6, 6.07) is 4.53. The highest BCUT2D eigenvalue weighted by Gasteiger charge is 2.37. The van der Waals surface area contributed by atoms with E-state index < -0.39 is 0 Å². The summed E-state index contributed by atoms with van der Waals surface area (Å²) in [6.07, 6.45) is 7.36. The molecule has 0 amide bonds. The summed E-state index contributed by atoms with van der Waals surface area (Å²) in [5, 5.41) is 0. The Bertz CT molecular complexity index is 674. The average molecular weight is 347 g/mol. The smallest absolute Gasteiger partial charge is 0.112 e. The molecule has 3 heterocycles. The summed E-state index contributed by atoms with van der Waals surface area (Å²) in [4.78, 5) is 11.5. The van der Waals surface area contributed by atoms with Gasteiger partial charge in [0.25, 0.3) is 0 Å². The number of hydrogen-bond donors (Lipinski definition) is 1. The number of halogens is 1. The highest BCUT2D eigenvalue weighted by Crippen LogP contribution is 2.39. The van der Waals surface area contributed by atoms with Crippen molar-refractivity contribution < 1.29 is 0 Å². The van der Waals surface area contributed by atoms with E-state index in [0.29, 0.717) is 6.04 Å². The molecule has 1 saturated heterocycles. The number of fused-ring (bicyclic) bond motifs is 2. The zero-order chi connectivity index (χ0) is 14.4. The molecule has 4 rings (SSSR count). The number of pyridine rings is 2. The largest absolute Gasteiger partial charge is 0.369 e. The molecule has 0 radical (unpaired) electrons. The first-order chi connectivity index (χ1) is 10.2. The number of hydrogen-bond acceptors (Lipinski definition) is 4. The van der Waals surface area contributed by atoms with Crippen molar-refractivity contribution in [2.24, 2.45) is 17.6 Å². The van der Waals surface area contributed by atoms with Crippen LogP contribution in [0.4, 0.5) is 5.69 Å². The molecule has 1 aliphatic carbocycles. The molecular formula is C16H19BrN4. The van der Waals surface area contributed by atoms with Gasteiger partial charge in [0.2, 0.25) is 0 Å². The molecule has 5 heteroatoms. The summed E-state index contributed by atoms with van der Waals surface area (Å²) in [6.45, 7) is 2.24. The van der Waals surface area contributed by atoms with E-state index in [1.807, 2.05) is 18.5 Å². The van der Waals surface area contributed by atoms with E-state index in [4.69, 9.17) is 5.73 Å². The molecule has 1 saturated carbocycles. The standard InChI is InChI=1S/C16H19BrN4/c17-12-6-14-16(20-7-12)15(3-4-19-14)21-8-10-1-2-13(18)5-11(10)9-21/h3-4,6-7,10-11,13H,1-2,5,8-9,18H2/t10-,11+,13?/m1/s1. The summed E-state index contributed by atoms with van der Waals surface area (Å²) in [7, 11) is 0. The van der Waals surface area contributed by atoms with Crippen LogP contribution in [0.2, 0.25) is 0 Å². The van der Waals surface area contributed by atoms with E-state index in [2.05, 4.69) is 36.9 Å². The van der Waals surface area contributed by atoms with Crippen LogP contribution in [0.5, 0.6) is 0 Å². The fraction of sp³-hybridized carbons (Fsp3) is 0.500. The monoisotopic (exact) mass is 346 g/mol. The minimum absolute atomic E-state index is 0.398. The number of nitrogens with zero attached hydrogens (tertiary/aromatic N) is 3. The van der Waals surface area contributed by atoms with Crippen LogP contribution in [-0.4, -0.2) is 29.1 Å². The summed E-state index contributed by atoms with van der Waals surface area (Å²) in [5.41, 5.74) is 9.31. The van der Waals surface area contributed by atoms with Crippen molar-refractivity contribution in [2.75, 3.05) is 18.0 Å². The van der Waals surface area contributed by atoms with E-state index in [1.54, 1.807) is 0 Å². The van der Waals surface area contributed by atoms with Crippen LogP contribution in [0.15, 0.2) is 29.0 Å². The van der Waals surface area contributed by atoms with Crippen molar-refractivity contribution in [3.63, 3.8) is 0 Å². The number of aromatic nitrogens is 2. The molecule has 2 aliphatic rings. The quantitative estimate of drug-likeness (QED) is 0.862. The van der Waals surface area contributed by atoms with Gasteiger partial charge >= 0.3 is 0 Å². The molecule has 21 heavy (non-hydrogen) atoms. The van der Waals surface area contributed by atoms with Gasteiger partial charge in [0.15, 0.2) is 0 Å². The lowest BCUT2D eigenvalue weighted by Gasteiger charge is -2.27. The second-order valence-electron chi connectivity index (χ2n) is 6.35. The van der Waals surface area contributed by atoms with Crippen LogP contribution < -0.4 is 10.6 Å². The lowest BCUT2D eigenvalue weighted by Crippen LogP contribution is -2.32.